The molecule has 1 amide bonds. The summed E-state index contributed by atoms with van der Waals surface area (Å²) in [5.74, 6) is 0.669. The van der Waals surface area contributed by atoms with E-state index < -0.39 is 22.0 Å². The second-order valence-corrected chi connectivity index (χ2v) is 7.66. The zero-order valence-corrected chi connectivity index (χ0v) is 15.6. The summed E-state index contributed by atoms with van der Waals surface area (Å²) < 4.78 is 36.8. The first-order valence-corrected chi connectivity index (χ1v) is 9.65. The van der Waals surface area contributed by atoms with Crippen LogP contribution in [0.4, 0.5) is 0 Å². The van der Waals surface area contributed by atoms with Crippen LogP contribution < -0.4 is 19.6 Å². The van der Waals surface area contributed by atoms with Gasteiger partial charge in [0.15, 0.2) is 11.5 Å². The van der Waals surface area contributed by atoms with E-state index in [1.165, 1.54) is 19.2 Å². The molecule has 0 saturated carbocycles. The molecule has 0 saturated heterocycles. The fraction of sp³-hybridized carbons (Fsp3) is 0.222. The van der Waals surface area contributed by atoms with Crippen molar-refractivity contribution in [2.45, 2.75) is 17.9 Å². The smallest absolute Gasteiger partial charge is 0.284 e. The average molecular weight is 389 g/mol. The maximum atomic E-state index is 12.3. The Bertz CT molecular complexity index is 971. The number of carbonyl (C=O) groups excluding carboxylic acids is 1. The number of rotatable bonds is 5. The number of sulfonamides is 1. The third kappa shape index (κ3) is 4.26. The molecular formula is C18H19N3O5S. The molecule has 9 heteroatoms. The van der Waals surface area contributed by atoms with Gasteiger partial charge in [-0.15, -0.1) is 0 Å². The third-order valence-corrected chi connectivity index (χ3v) is 5.42. The number of hydrazone groups is 1. The van der Waals surface area contributed by atoms with Crippen molar-refractivity contribution >= 4 is 21.6 Å². The first-order chi connectivity index (χ1) is 12.9. The van der Waals surface area contributed by atoms with Gasteiger partial charge in [-0.2, -0.15) is 5.10 Å². The van der Waals surface area contributed by atoms with E-state index in [0.717, 1.165) is 0 Å². The first kappa shape index (κ1) is 18.9. The number of nitrogens with one attached hydrogen (secondary N) is 2. The largest absolute Gasteiger partial charge is 0.485 e. The Morgan fingerprint density at radius 3 is 2.44 bits per heavy atom. The zero-order chi connectivity index (χ0) is 19.4. The molecule has 3 rings (SSSR count). The molecule has 1 atom stereocenters. The lowest BCUT2D eigenvalue weighted by atomic mass is 10.1. The van der Waals surface area contributed by atoms with Gasteiger partial charge in [0.2, 0.25) is 16.1 Å². The summed E-state index contributed by atoms with van der Waals surface area (Å²) >= 11 is 0. The molecule has 0 unspecified atom stereocenters. The highest BCUT2D eigenvalue weighted by Gasteiger charge is 2.27. The molecule has 0 fully saturated rings. The SMILES string of the molecule is CNS(=O)(=O)c1ccc(/C(C)=N\NC(=O)[C@H]2COc3ccccc3O2)cc1. The number of benzene rings is 2. The predicted molar refractivity (Wildman–Crippen MR) is 99.4 cm³/mol. The molecule has 27 heavy (non-hydrogen) atoms. The van der Waals surface area contributed by atoms with Gasteiger partial charge >= 0.3 is 0 Å². The lowest BCUT2D eigenvalue weighted by Crippen LogP contribution is -2.42. The number of nitrogens with zero attached hydrogens (tertiary/aromatic N) is 1. The van der Waals surface area contributed by atoms with Crippen LogP contribution in [0, 0.1) is 0 Å². The summed E-state index contributed by atoms with van der Waals surface area (Å²) in [7, 11) is -2.15. The Morgan fingerprint density at radius 2 is 1.78 bits per heavy atom. The predicted octanol–water partition coefficient (Wildman–Crippen LogP) is 1.27. The molecule has 8 nitrogen and oxygen atoms in total. The van der Waals surface area contributed by atoms with Gasteiger partial charge in [-0.05, 0) is 43.8 Å². The van der Waals surface area contributed by atoms with Crippen molar-refractivity contribution in [2.75, 3.05) is 13.7 Å². The van der Waals surface area contributed by atoms with Gasteiger partial charge in [0.25, 0.3) is 5.91 Å². The second kappa shape index (κ2) is 7.77. The molecule has 1 aliphatic rings. The number of para-hydroxylation sites is 2. The van der Waals surface area contributed by atoms with Crippen molar-refractivity contribution in [2.24, 2.45) is 5.10 Å². The minimum Gasteiger partial charge on any atom is -0.485 e. The van der Waals surface area contributed by atoms with Crippen LogP contribution in [0.3, 0.4) is 0 Å². The van der Waals surface area contributed by atoms with Gasteiger partial charge < -0.3 is 9.47 Å². The number of ether oxygens (including phenoxy) is 2. The Kier molecular flexibility index (Phi) is 5.43. The van der Waals surface area contributed by atoms with E-state index in [9.17, 15) is 13.2 Å². The summed E-state index contributed by atoms with van der Waals surface area (Å²) in [5.41, 5.74) is 3.65. The van der Waals surface area contributed by atoms with Crippen LogP contribution in [0.25, 0.3) is 0 Å². The van der Waals surface area contributed by atoms with Crippen LogP contribution in [-0.4, -0.2) is 39.8 Å². The number of hydrogen-bond acceptors (Lipinski definition) is 6. The summed E-state index contributed by atoms with van der Waals surface area (Å²) in [5, 5.41) is 4.05. The fourth-order valence-corrected chi connectivity index (χ4v) is 3.15. The molecule has 0 aromatic heterocycles. The van der Waals surface area contributed by atoms with Gasteiger partial charge in [-0.3, -0.25) is 4.79 Å². The maximum Gasteiger partial charge on any atom is 0.284 e. The van der Waals surface area contributed by atoms with Gasteiger partial charge in [0.1, 0.15) is 6.61 Å². The van der Waals surface area contributed by atoms with Gasteiger partial charge in [-0.25, -0.2) is 18.6 Å². The monoisotopic (exact) mass is 389 g/mol. The van der Waals surface area contributed by atoms with E-state index in [0.29, 0.717) is 22.8 Å². The van der Waals surface area contributed by atoms with Gasteiger partial charge in [-0.1, -0.05) is 24.3 Å². The maximum absolute atomic E-state index is 12.3. The number of fused-ring (bicyclic) bond motifs is 1. The topological polar surface area (TPSA) is 106 Å². The highest BCUT2D eigenvalue weighted by atomic mass is 32.2. The summed E-state index contributed by atoms with van der Waals surface area (Å²) in [6.07, 6.45) is -0.806. The van der Waals surface area contributed by atoms with Crippen LogP contribution in [0.15, 0.2) is 58.5 Å². The average Bonchev–Trinajstić information content (AvgIpc) is 2.71. The lowest BCUT2D eigenvalue weighted by Gasteiger charge is -2.24. The van der Waals surface area contributed by atoms with E-state index in [2.05, 4.69) is 15.2 Å². The highest BCUT2D eigenvalue weighted by molar-refractivity contribution is 7.89. The third-order valence-electron chi connectivity index (χ3n) is 3.99. The fourth-order valence-electron chi connectivity index (χ4n) is 2.42. The number of carbonyl (C=O) groups is 1. The van der Waals surface area contributed by atoms with Crippen molar-refractivity contribution in [1.82, 2.24) is 10.1 Å². The minimum atomic E-state index is -3.50. The quantitative estimate of drug-likeness (QED) is 0.592. The Hall–Kier alpha value is -2.91. The van der Waals surface area contributed by atoms with E-state index in [4.69, 9.17) is 9.47 Å². The van der Waals surface area contributed by atoms with E-state index in [1.807, 2.05) is 6.07 Å². The molecule has 2 aromatic carbocycles. The second-order valence-electron chi connectivity index (χ2n) is 5.77. The van der Waals surface area contributed by atoms with E-state index >= 15 is 0 Å². The van der Waals surface area contributed by atoms with Gasteiger partial charge in [0.05, 0.1) is 10.6 Å². The molecule has 0 aliphatic carbocycles. The van der Waals surface area contributed by atoms with Crippen molar-refractivity contribution in [3.8, 4) is 11.5 Å². The molecule has 2 aromatic rings. The van der Waals surface area contributed by atoms with Crippen molar-refractivity contribution in [1.29, 1.82) is 0 Å². The van der Waals surface area contributed by atoms with E-state index in [-0.39, 0.29) is 11.5 Å². The standard InChI is InChI=1S/C18H19N3O5S/c1-12(13-7-9-14(10-8-13)27(23,24)19-2)20-21-18(22)17-11-25-15-5-3-4-6-16(15)26-17/h3-10,17,19H,11H2,1-2H3,(H,21,22)/b20-12-/t17-/m1/s1. The van der Waals surface area contributed by atoms with Crippen LogP contribution in [0.2, 0.25) is 0 Å². The molecule has 1 aliphatic heterocycles. The van der Waals surface area contributed by atoms with Crippen molar-refractivity contribution < 1.29 is 22.7 Å². The van der Waals surface area contributed by atoms with Crippen LogP contribution >= 0.6 is 0 Å². The van der Waals surface area contributed by atoms with Crippen molar-refractivity contribution in [3.63, 3.8) is 0 Å². The molecule has 2 N–H and O–H groups in total. The van der Waals surface area contributed by atoms with Crippen LogP contribution in [0.5, 0.6) is 11.5 Å². The van der Waals surface area contributed by atoms with E-state index in [1.54, 1.807) is 37.3 Å². The summed E-state index contributed by atoms with van der Waals surface area (Å²) in [4.78, 5) is 12.4. The number of hydrogen-bond donors (Lipinski definition) is 2. The van der Waals surface area contributed by atoms with Gasteiger partial charge in [0, 0.05) is 0 Å². The van der Waals surface area contributed by atoms with Crippen LogP contribution in [-0.2, 0) is 14.8 Å². The molecule has 142 valence electrons. The molecule has 1 heterocycles. The molecule has 0 radical (unpaired) electrons. The molecular weight excluding hydrogens is 370 g/mol. The zero-order valence-electron chi connectivity index (χ0n) is 14.8. The Balaban J connectivity index is 1.64. The minimum absolute atomic E-state index is 0.0913. The summed E-state index contributed by atoms with van der Waals surface area (Å²) in [6, 6.07) is 13.3. The van der Waals surface area contributed by atoms with Crippen molar-refractivity contribution in [3.05, 3.63) is 54.1 Å². The molecule has 0 bridgehead atoms. The summed E-state index contributed by atoms with van der Waals surface area (Å²) in [6.45, 7) is 1.80. The lowest BCUT2D eigenvalue weighted by molar-refractivity contribution is -0.130. The first-order valence-electron chi connectivity index (χ1n) is 8.17. The van der Waals surface area contributed by atoms with Crippen LogP contribution in [0.1, 0.15) is 12.5 Å². The molecule has 0 spiro atoms. The Labute approximate surface area is 157 Å². The normalized spacial score (nSPS) is 16.7. The number of amides is 1. The Morgan fingerprint density at radius 1 is 1.11 bits per heavy atom. The highest BCUT2D eigenvalue weighted by Crippen LogP contribution is 2.30.